The van der Waals surface area contributed by atoms with Crippen molar-refractivity contribution in [2.24, 2.45) is 4.99 Å². The van der Waals surface area contributed by atoms with Crippen molar-refractivity contribution in [2.75, 3.05) is 4.72 Å². The summed E-state index contributed by atoms with van der Waals surface area (Å²) in [6.07, 6.45) is 8.21. The van der Waals surface area contributed by atoms with Crippen LogP contribution in [0.2, 0.25) is 0 Å². The number of nitrogens with zero attached hydrogens (tertiary/aromatic N) is 1. The molecule has 0 bridgehead atoms. The van der Waals surface area contributed by atoms with E-state index in [2.05, 4.69) is 34.6 Å². The van der Waals surface area contributed by atoms with Crippen LogP contribution in [0.25, 0.3) is 6.08 Å². The SMILES string of the molecule is O=C1NC(=Nc2ccc(NS(=O)(=O)C(F)(F)F)cc2)S/C1=C\c1ccc(OCc2ccc(C3CCCCC3)cc2)cc1.[H-].[Na+]. The molecule has 1 saturated heterocycles. The number of thioether (sulfide) groups is 1. The Labute approximate surface area is 276 Å². The van der Waals surface area contributed by atoms with Gasteiger partial charge < -0.3 is 11.5 Å². The van der Waals surface area contributed by atoms with Gasteiger partial charge >= 0.3 is 45.1 Å². The molecule has 3 aromatic rings. The zero-order chi connectivity index (χ0) is 29.7. The Bertz CT molecular complexity index is 1590. The Morgan fingerprint density at radius 1 is 0.977 bits per heavy atom. The van der Waals surface area contributed by atoms with Gasteiger partial charge in [0.1, 0.15) is 12.4 Å². The monoisotopic (exact) mass is 639 g/mol. The number of carbonyl (C=O) groups excluding carboxylic acids is 1. The molecule has 222 valence electrons. The Balaban J connectivity index is 0.00000264. The fourth-order valence-electron chi connectivity index (χ4n) is 4.72. The molecule has 1 amide bonds. The van der Waals surface area contributed by atoms with Crippen LogP contribution in [0.4, 0.5) is 24.5 Å². The van der Waals surface area contributed by atoms with E-state index in [1.54, 1.807) is 6.08 Å². The first-order chi connectivity index (χ1) is 20.1. The Hall–Kier alpha value is -2.77. The molecule has 13 heteroatoms. The van der Waals surface area contributed by atoms with Crippen LogP contribution in [-0.4, -0.2) is 25.0 Å². The summed E-state index contributed by atoms with van der Waals surface area (Å²) in [4.78, 5) is 17.1. The molecular weight excluding hydrogens is 610 g/mol. The minimum absolute atomic E-state index is 0. The summed E-state index contributed by atoms with van der Waals surface area (Å²) in [5.74, 6) is 1.04. The minimum atomic E-state index is -5.52. The van der Waals surface area contributed by atoms with Crippen molar-refractivity contribution in [3.8, 4) is 5.75 Å². The Morgan fingerprint density at radius 3 is 2.26 bits per heavy atom. The van der Waals surface area contributed by atoms with Gasteiger partial charge in [0.15, 0.2) is 5.17 Å². The molecule has 2 fully saturated rings. The van der Waals surface area contributed by atoms with Crippen LogP contribution >= 0.6 is 11.8 Å². The number of halogens is 3. The summed E-state index contributed by atoms with van der Waals surface area (Å²) in [6, 6.07) is 21.0. The number of alkyl halides is 3. The second-order valence-corrected chi connectivity index (χ2v) is 12.7. The zero-order valence-corrected chi connectivity index (χ0v) is 27.0. The van der Waals surface area contributed by atoms with Gasteiger partial charge in [0.25, 0.3) is 5.91 Å². The summed E-state index contributed by atoms with van der Waals surface area (Å²) in [6.45, 7) is 0.457. The third-order valence-corrected chi connectivity index (χ3v) is 8.97. The van der Waals surface area contributed by atoms with Gasteiger partial charge in [0.2, 0.25) is 0 Å². The first-order valence-corrected chi connectivity index (χ1v) is 15.7. The van der Waals surface area contributed by atoms with E-state index in [9.17, 15) is 26.4 Å². The quantitative estimate of drug-likeness (QED) is 0.278. The predicted octanol–water partition coefficient (Wildman–Crippen LogP) is 4.58. The third kappa shape index (κ3) is 8.89. The zero-order valence-electron chi connectivity index (χ0n) is 24.4. The molecule has 0 unspecified atom stereocenters. The number of benzene rings is 3. The van der Waals surface area contributed by atoms with Gasteiger partial charge in [-0.05, 0) is 89.7 Å². The van der Waals surface area contributed by atoms with Crippen molar-refractivity contribution in [3.63, 3.8) is 0 Å². The Morgan fingerprint density at radius 2 is 1.63 bits per heavy atom. The van der Waals surface area contributed by atoms with Gasteiger partial charge in [0.05, 0.1) is 10.6 Å². The molecule has 0 spiro atoms. The average Bonchev–Trinajstić information content (AvgIpc) is 3.31. The molecule has 0 radical (unpaired) electrons. The third-order valence-electron chi connectivity index (χ3n) is 6.95. The number of anilines is 1. The second kappa shape index (κ2) is 14.3. The van der Waals surface area contributed by atoms with E-state index >= 15 is 0 Å². The van der Waals surface area contributed by atoms with Gasteiger partial charge in [-0.3, -0.25) is 9.52 Å². The van der Waals surface area contributed by atoms with E-state index < -0.39 is 15.5 Å². The second-order valence-electron chi connectivity index (χ2n) is 10.0. The number of nitrogens with one attached hydrogen (secondary N) is 2. The first-order valence-electron chi connectivity index (χ1n) is 13.4. The van der Waals surface area contributed by atoms with Crippen molar-refractivity contribution < 1.29 is 62.1 Å². The van der Waals surface area contributed by atoms with Crippen LogP contribution in [0.15, 0.2) is 82.7 Å². The van der Waals surface area contributed by atoms with E-state index in [-0.39, 0.29) is 47.7 Å². The van der Waals surface area contributed by atoms with E-state index in [1.165, 1.54) is 54.5 Å². The fraction of sp³-hybridized carbons (Fsp3) is 0.267. The van der Waals surface area contributed by atoms with Crippen LogP contribution in [0.1, 0.15) is 56.1 Å². The number of amidine groups is 1. The van der Waals surface area contributed by atoms with Crippen LogP contribution in [0.5, 0.6) is 5.75 Å². The fourth-order valence-corrected chi connectivity index (χ4v) is 6.12. The van der Waals surface area contributed by atoms with Gasteiger partial charge in [-0.15, -0.1) is 0 Å². The van der Waals surface area contributed by atoms with Gasteiger partial charge in [-0.1, -0.05) is 55.7 Å². The molecule has 1 aliphatic carbocycles. The van der Waals surface area contributed by atoms with Crippen LogP contribution < -0.4 is 44.3 Å². The van der Waals surface area contributed by atoms with E-state index in [1.807, 2.05) is 24.3 Å². The average molecular weight is 640 g/mol. The summed E-state index contributed by atoms with van der Waals surface area (Å²) < 4.78 is 67.5. The maximum Gasteiger partial charge on any atom is 1.00 e. The van der Waals surface area contributed by atoms with Crippen molar-refractivity contribution in [3.05, 3.63) is 94.4 Å². The molecule has 1 saturated carbocycles. The van der Waals surface area contributed by atoms with E-state index in [0.717, 1.165) is 35.0 Å². The molecule has 3 aromatic carbocycles. The standard InChI is InChI=1S/C30H28F3N3O4S2.Na.H/c31-30(32,33)42(38,39)36-25-14-12-24(13-15-25)34-29-35-28(37)27(41-29)18-20-8-16-26(17-9-20)40-19-21-6-10-23(11-7-21)22-4-2-1-3-5-22;;/h6-18,22,36H,1-5,19H2,(H,34,35,37);;/q;+1;-1/b27-18-;;. The van der Waals surface area contributed by atoms with Crippen LogP contribution in [-0.2, 0) is 21.4 Å². The summed E-state index contributed by atoms with van der Waals surface area (Å²) >= 11 is 1.11. The van der Waals surface area contributed by atoms with E-state index in [4.69, 9.17) is 4.74 Å². The molecule has 1 heterocycles. The Kier molecular flexibility index (Phi) is 11.0. The predicted molar refractivity (Wildman–Crippen MR) is 160 cm³/mol. The number of ether oxygens (including phenoxy) is 1. The topological polar surface area (TPSA) is 96.9 Å². The molecule has 43 heavy (non-hydrogen) atoms. The van der Waals surface area contributed by atoms with Gasteiger partial charge in [-0.2, -0.15) is 21.6 Å². The summed E-state index contributed by atoms with van der Waals surface area (Å²) in [7, 11) is -5.52. The van der Waals surface area contributed by atoms with Crippen molar-refractivity contribution in [1.82, 2.24) is 5.32 Å². The number of amides is 1. The number of hydrogen-bond donors (Lipinski definition) is 2. The normalized spacial score (nSPS) is 17.9. The molecule has 1 aliphatic heterocycles. The molecule has 2 N–H and O–H groups in total. The van der Waals surface area contributed by atoms with Crippen molar-refractivity contribution >= 4 is 50.3 Å². The first kappa shape index (κ1) is 33.1. The van der Waals surface area contributed by atoms with Crippen molar-refractivity contribution in [1.29, 1.82) is 0 Å². The maximum atomic E-state index is 12.6. The summed E-state index contributed by atoms with van der Waals surface area (Å²) in [5, 5.41) is 2.92. The van der Waals surface area contributed by atoms with Crippen LogP contribution in [0, 0.1) is 0 Å². The molecule has 0 aromatic heterocycles. The number of aliphatic imine (C=N–C) groups is 1. The van der Waals surface area contributed by atoms with Gasteiger partial charge in [0, 0.05) is 5.69 Å². The molecule has 2 aliphatic rings. The number of sulfonamides is 1. The number of rotatable bonds is 8. The minimum Gasteiger partial charge on any atom is -1.00 e. The molecule has 5 rings (SSSR count). The van der Waals surface area contributed by atoms with Gasteiger partial charge in [-0.25, -0.2) is 4.99 Å². The number of hydrogen-bond acceptors (Lipinski definition) is 6. The molecule has 7 nitrogen and oxygen atoms in total. The van der Waals surface area contributed by atoms with Crippen LogP contribution in [0.3, 0.4) is 0 Å². The van der Waals surface area contributed by atoms with Crippen molar-refractivity contribution in [2.45, 2.75) is 50.1 Å². The molecular formula is C30H29F3N3NaO4S2. The summed E-state index contributed by atoms with van der Waals surface area (Å²) in [5.41, 5.74) is -2.07. The largest absolute Gasteiger partial charge is 1.00 e. The van der Waals surface area contributed by atoms with E-state index in [0.29, 0.717) is 28.9 Å². The molecule has 0 atom stereocenters. The number of carbonyl (C=O) groups is 1. The maximum absolute atomic E-state index is 12.6. The smallest absolute Gasteiger partial charge is 1.00 e.